The van der Waals surface area contributed by atoms with Gasteiger partial charge in [-0.15, -0.1) is 13.2 Å². The van der Waals surface area contributed by atoms with Crippen LogP contribution in [0.5, 0.6) is 5.75 Å². The molecule has 0 aromatic heterocycles. The van der Waals surface area contributed by atoms with Crippen molar-refractivity contribution in [2.75, 3.05) is 36.7 Å². The minimum atomic E-state index is -5.07. The van der Waals surface area contributed by atoms with E-state index in [0.717, 1.165) is 17.7 Å². The van der Waals surface area contributed by atoms with Crippen molar-refractivity contribution in [2.24, 2.45) is 0 Å². The van der Waals surface area contributed by atoms with E-state index in [9.17, 15) is 30.8 Å². The zero-order chi connectivity index (χ0) is 24.2. The number of amides is 1. The van der Waals surface area contributed by atoms with Gasteiger partial charge in [0.15, 0.2) is 5.75 Å². The van der Waals surface area contributed by atoms with Crippen LogP contribution in [0.15, 0.2) is 42.5 Å². The molecule has 0 saturated carbocycles. The third-order valence-electron chi connectivity index (χ3n) is 5.05. The molecule has 3 rings (SSSR count). The average Bonchev–Trinajstić information content (AvgIpc) is 2.74. The number of ether oxygens (including phenoxy) is 1. The first-order valence-electron chi connectivity index (χ1n) is 10.1. The molecule has 2 aromatic rings. The van der Waals surface area contributed by atoms with Crippen LogP contribution >= 0.6 is 0 Å². The van der Waals surface area contributed by atoms with Crippen LogP contribution < -0.4 is 9.46 Å². The lowest BCUT2D eigenvalue weighted by Gasteiger charge is -2.35. The first-order valence-corrected chi connectivity index (χ1v) is 11.8. The number of hydrogen-bond acceptors (Lipinski definition) is 5. The molecule has 0 spiro atoms. The molecule has 2 aromatic carbocycles. The quantitative estimate of drug-likeness (QED) is 0.598. The molecule has 33 heavy (non-hydrogen) atoms. The molecule has 7 nitrogen and oxygen atoms in total. The summed E-state index contributed by atoms with van der Waals surface area (Å²) in [5, 5.41) is 0. The highest BCUT2D eigenvalue weighted by atomic mass is 32.2. The first-order chi connectivity index (χ1) is 15.5. The van der Waals surface area contributed by atoms with Crippen LogP contribution in [0.25, 0.3) is 0 Å². The molecule has 1 aliphatic rings. The van der Waals surface area contributed by atoms with Gasteiger partial charge in [0.05, 0.1) is 11.4 Å². The summed E-state index contributed by atoms with van der Waals surface area (Å²) in [7, 11) is -3.86. The minimum Gasteiger partial charge on any atom is -0.404 e. The second-order valence-corrected chi connectivity index (χ2v) is 9.47. The Morgan fingerprint density at radius 1 is 1.12 bits per heavy atom. The van der Waals surface area contributed by atoms with Crippen molar-refractivity contribution in [3.8, 4) is 5.75 Å². The Hall–Kier alpha value is -2.86. The molecule has 1 aliphatic heterocycles. The second kappa shape index (κ2) is 9.96. The Labute approximate surface area is 190 Å². The van der Waals surface area contributed by atoms with Crippen molar-refractivity contribution >= 4 is 21.6 Å². The number of piperazine rings is 1. The number of benzene rings is 2. The third-order valence-corrected chi connectivity index (χ3v) is 6.35. The molecule has 1 amide bonds. The van der Waals surface area contributed by atoms with E-state index in [1.54, 1.807) is 12.1 Å². The number of carbonyl (C=O) groups excluding carboxylic acids is 1. The van der Waals surface area contributed by atoms with Crippen molar-refractivity contribution in [2.45, 2.75) is 19.8 Å². The van der Waals surface area contributed by atoms with Crippen LogP contribution in [0, 0.1) is 5.82 Å². The molecule has 1 saturated heterocycles. The molecule has 0 radical (unpaired) electrons. The molecule has 1 heterocycles. The van der Waals surface area contributed by atoms with E-state index >= 15 is 0 Å². The van der Waals surface area contributed by atoms with E-state index in [1.165, 1.54) is 30.0 Å². The van der Waals surface area contributed by atoms with Gasteiger partial charge in [-0.05, 0) is 42.8 Å². The zero-order valence-electron chi connectivity index (χ0n) is 17.7. The largest absolute Gasteiger partial charge is 0.573 e. The van der Waals surface area contributed by atoms with E-state index in [-0.39, 0.29) is 18.6 Å². The monoisotopic (exact) mass is 491 g/mol. The summed E-state index contributed by atoms with van der Waals surface area (Å²) in [6, 6.07) is 9.41. The maximum atomic E-state index is 13.4. The molecular weight excluding hydrogens is 466 g/mol. The van der Waals surface area contributed by atoms with E-state index < -0.39 is 33.7 Å². The fraction of sp³-hybridized carbons (Fsp3) is 0.381. The molecule has 0 atom stereocenters. The number of rotatable bonds is 7. The number of hydrogen-bond donors (Lipinski definition) is 1. The lowest BCUT2D eigenvalue weighted by molar-refractivity contribution is -0.274. The van der Waals surface area contributed by atoms with Crippen molar-refractivity contribution < 1.29 is 36.9 Å². The normalized spacial score (nSPS) is 15.4. The van der Waals surface area contributed by atoms with Crippen molar-refractivity contribution in [1.29, 1.82) is 0 Å². The Kier molecular flexibility index (Phi) is 7.48. The van der Waals surface area contributed by atoms with E-state index in [4.69, 9.17) is 0 Å². The summed E-state index contributed by atoms with van der Waals surface area (Å²) in [4.78, 5) is 16.4. The van der Waals surface area contributed by atoms with Crippen LogP contribution in [0.1, 0.15) is 24.3 Å². The van der Waals surface area contributed by atoms with Gasteiger partial charge in [-0.25, -0.2) is 12.8 Å². The topological polar surface area (TPSA) is 79.0 Å². The number of nitrogens with zero attached hydrogens (tertiary/aromatic N) is 2. The fourth-order valence-electron chi connectivity index (χ4n) is 3.37. The van der Waals surface area contributed by atoms with Gasteiger partial charge in [0.25, 0.3) is 5.91 Å². The van der Waals surface area contributed by atoms with Crippen LogP contribution in [0.2, 0.25) is 0 Å². The van der Waals surface area contributed by atoms with Gasteiger partial charge in [0.1, 0.15) is 5.82 Å². The van der Waals surface area contributed by atoms with Gasteiger partial charge in [-0.2, -0.15) is 0 Å². The standard InChI is InChI=1S/C21H23F4N3O4S.H2/c1-2-33(30,31)26-18-7-6-16(13-19(18)32-21(23,24)25)20(29)28-10-8-27(9-11-28)14-15-4-3-5-17(22)12-15;/h3-7,12-13,26H,2,8-11,14H2,1H3;1H. The summed E-state index contributed by atoms with van der Waals surface area (Å²) < 4.78 is 81.5. The number of carbonyl (C=O) groups is 1. The molecule has 0 aliphatic carbocycles. The van der Waals surface area contributed by atoms with Gasteiger partial charge in [-0.3, -0.25) is 14.4 Å². The Bertz CT molecular complexity index is 1110. The van der Waals surface area contributed by atoms with Crippen LogP contribution in [-0.2, 0) is 16.6 Å². The highest BCUT2D eigenvalue weighted by Crippen LogP contribution is 2.32. The van der Waals surface area contributed by atoms with Gasteiger partial charge in [0.2, 0.25) is 10.0 Å². The van der Waals surface area contributed by atoms with Gasteiger partial charge >= 0.3 is 6.36 Å². The minimum absolute atomic E-state index is 0. The van der Waals surface area contributed by atoms with Gasteiger partial charge < -0.3 is 9.64 Å². The molecule has 0 unspecified atom stereocenters. The highest BCUT2D eigenvalue weighted by molar-refractivity contribution is 7.92. The van der Waals surface area contributed by atoms with E-state index in [2.05, 4.69) is 4.74 Å². The maximum absolute atomic E-state index is 13.4. The number of halogens is 4. The summed E-state index contributed by atoms with van der Waals surface area (Å²) in [6.45, 7) is 3.50. The predicted octanol–water partition coefficient (Wildman–Crippen LogP) is 3.69. The van der Waals surface area contributed by atoms with E-state index in [0.29, 0.717) is 32.7 Å². The summed E-state index contributed by atoms with van der Waals surface area (Å²) in [5.41, 5.74) is 0.326. The molecule has 182 valence electrons. The average molecular weight is 492 g/mol. The molecule has 1 N–H and O–H groups in total. The molecule has 12 heteroatoms. The molecular formula is C21H25F4N3O4S. The number of anilines is 1. The third kappa shape index (κ3) is 7.06. The van der Waals surface area contributed by atoms with Crippen molar-refractivity contribution in [1.82, 2.24) is 9.80 Å². The van der Waals surface area contributed by atoms with Gasteiger partial charge in [-0.1, -0.05) is 12.1 Å². The maximum Gasteiger partial charge on any atom is 0.573 e. The number of alkyl halides is 3. The van der Waals surface area contributed by atoms with Gasteiger partial charge in [0, 0.05) is 39.7 Å². The predicted molar refractivity (Wildman–Crippen MR) is 116 cm³/mol. The summed E-state index contributed by atoms with van der Waals surface area (Å²) in [6.07, 6.45) is -5.07. The zero-order valence-corrected chi connectivity index (χ0v) is 18.5. The highest BCUT2D eigenvalue weighted by Gasteiger charge is 2.33. The van der Waals surface area contributed by atoms with Crippen LogP contribution in [0.4, 0.5) is 23.2 Å². The Balaban J connectivity index is 0.00000408. The van der Waals surface area contributed by atoms with E-state index in [1.807, 2.05) is 9.62 Å². The van der Waals surface area contributed by atoms with Crippen molar-refractivity contribution in [3.63, 3.8) is 0 Å². The lowest BCUT2D eigenvalue weighted by atomic mass is 10.1. The smallest absolute Gasteiger partial charge is 0.404 e. The summed E-state index contributed by atoms with van der Waals surface area (Å²) in [5.74, 6) is -1.99. The SMILES string of the molecule is CCS(=O)(=O)Nc1ccc(C(=O)N2CCN(Cc3cccc(F)c3)CC2)cc1OC(F)(F)F.[HH]. The number of sulfonamides is 1. The molecule has 1 fully saturated rings. The number of nitrogens with one attached hydrogen (secondary N) is 1. The van der Waals surface area contributed by atoms with Crippen LogP contribution in [0.3, 0.4) is 0 Å². The fourth-order valence-corrected chi connectivity index (χ4v) is 4.02. The second-order valence-electron chi connectivity index (χ2n) is 7.46. The Morgan fingerprint density at radius 2 is 1.82 bits per heavy atom. The summed E-state index contributed by atoms with van der Waals surface area (Å²) >= 11 is 0. The molecule has 0 bridgehead atoms. The lowest BCUT2D eigenvalue weighted by Crippen LogP contribution is -2.48. The van der Waals surface area contributed by atoms with Crippen LogP contribution in [-0.4, -0.2) is 62.4 Å². The Morgan fingerprint density at radius 3 is 2.42 bits per heavy atom. The first kappa shape index (κ1) is 24.8. The van der Waals surface area contributed by atoms with Crippen molar-refractivity contribution in [3.05, 3.63) is 59.4 Å².